The Labute approximate surface area is 146 Å². The minimum absolute atomic E-state index is 0.0183. The number of carbonyl (C=O) groups is 2. The molecule has 0 radical (unpaired) electrons. The van der Waals surface area contributed by atoms with E-state index in [1.807, 2.05) is 0 Å². The largest absolute Gasteiger partial charge is 0.490 e. The van der Waals surface area contributed by atoms with Gasteiger partial charge in [0.15, 0.2) is 11.6 Å². The zero-order valence-corrected chi connectivity index (χ0v) is 14.2. The minimum Gasteiger partial charge on any atom is -0.490 e. The summed E-state index contributed by atoms with van der Waals surface area (Å²) in [6, 6.07) is 4.29. The third-order valence-corrected chi connectivity index (χ3v) is 4.68. The average molecular weight is 346 g/mol. The Hall–Kier alpha value is -2.37. The van der Waals surface area contributed by atoms with Gasteiger partial charge >= 0.3 is 0 Å². The van der Waals surface area contributed by atoms with Gasteiger partial charge in [-0.1, -0.05) is 6.58 Å². The maximum atomic E-state index is 14.1. The van der Waals surface area contributed by atoms with Crippen LogP contribution in [0.1, 0.15) is 36.0 Å². The Morgan fingerprint density at radius 1 is 1.28 bits per heavy atom. The third-order valence-electron chi connectivity index (χ3n) is 4.68. The Bertz CT molecular complexity index is 665. The zero-order valence-electron chi connectivity index (χ0n) is 14.2. The first-order valence-corrected chi connectivity index (χ1v) is 8.71. The quantitative estimate of drug-likeness (QED) is 0.805. The second-order valence-corrected chi connectivity index (χ2v) is 6.68. The van der Waals surface area contributed by atoms with Crippen LogP contribution in [0.15, 0.2) is 30.9 Å². The Morgan fingerprint density at radius 2 is 2.00 bits per heavy atom. The SMILES string of the molecule is C=CC(=O)N1CCC(NC(=O)c2ccc(OCC3CC3)c(F)c2)CC1. The number of nitrogens with one attached hydrogen (secondary N) is 1. The van der Waals surface area contributed by atoms with Crippen LogP contribution in [-0.2, 0) is 4.79 Å². The second kappa shape index (κ2) is 7.68. The fraction of sp³-hybridized carbons (Fsp3) is 0.474. The van der Waals surface area contributed by atoms with Crippen LogP contribution in [0.5, 0.6) is 5.75 Å². The molecule has 2 amide bonds. The first-order chi connectivity index (χ1) is 12.1. The van der Waals surface area contributed by atoms with Gasteiger partial charge in [0.2, 0.25) is 5.91 Å². The van der Waals surface area contributed by atoms with E-state index in [9.17, 15) is 14.0 Å². The minimum atomic E-state index is -0.514. The second-order valence-electron chi connectivity index (χ2n) is 6.68. The summed E-state index contributed by atoms with van der Waals surface area (Å²) in [5.41, 5.74) is 0.279. The van der Waals surface area contributed by atoms with Crippen molar-refractivity contribution in [2.75, 3.05) is 19.7 Å². The highest BCUT2D eigenvalue weighted by Crippen LogP contribution is 2.30. The van der Waals surface area contributed by atoms with Crippen molar-refractivity contribution in [1.82, 2.24) is 10.2 Å². The summed E-state index contributed by atoms with van der Waals surface area (Å²) in [7, 11) is 0. The molecule has 1 saturated carbocycles. The van der Waals surface area contributed by atoms with Crippen LogP contribution in [0.3, 0.4) is 0 Å². The van der Waals surface area contributed by atoms with Crippen LogP contribution >= 0.6 is 0 Å². The number of hydrogen-bond donors (Lipinski definition) is 1. The molecule has 0 aromatic heterocycles. The van der Waals surface area contributed by atoms with Gasteiger partial charge in [0.1, 0.15) is 0 Å². The van der Waals surface area contributed by atoms with Gasteiger partial charge in [0.25, 0.3) is 5.91 Å². The van der Waals surface area contributed by atoms with E-state index in [4.69, 9.17) is 4.74 Å². The highest BCUT2D eigenvalue weighted by atomic mass is 19.1. The fourth-order valence-corrected chi connectivity index (χ4v) is 2.89. The molecule has 25 heavy (non-hydrogen) atoms. The summed E-state index contributed by atoms with van der Waals surface area (Å²) >= 11 is 0. The lowest BCUT2D eigenvalue weighted by atomic mass is 10.0. The first-order valence-electron chi connectivity index (χ1n) is 8.71. The van der Waals surface area contributed by atoms with Gasteiger partial charge < -0.3 is 15.0 Å². The molecule has 1 aliphatic heterocycles. The monoisotopic (exact) mass is 346 g/mol. The van der Waals surface area contributed by atoms with Crippen molar-refractivity contribution in [3.05, 3.63) is 42.2 Å². The summed E-state index contributed by atoms with van der Waals surface area (Å²) in [6.07, 6.45) is 4.93. The van der Waals surface area contributed by atoms with E-state index in [2.05, 4.69) is 11.9 Å². The van der Waals surface area contributed by atoms with Crippen LogP contribution < -0.4 is 10.1 Å². The molecule has 1 heterocycles. The lowest BCUT2D eigenvalue weighted by molar-refractivity contribution is -0.127. The first kappa shape index (κ1) is 17.5. The zero-order chi connectivity index (χ0) is 17.8. The van der Waals surface area contributed by atoms with Crippen molar-refractivity contribution < 1.29 is 18.7 Å². The number of ether oxygens (including phenoxy) is 1. The summed E-state index contributed by atoms with van der Waals surface area (Å²) in [6.45, 7) is 5.17. The van der Waals surface area contributed by atoms with Crippen LogP contribution in [0, 0.1) is 11.7 Å². The van der Waals surface area contributed by atoms with Crippen molar-refractivity contribution in [3.63, 3.8) is 0 Å². The number of nitrogens with zero attached hydrogens (tertiary/aromatic N) is 1. The van der Waals surface area contributed by atoms with Crippen LogP contribution in [0.4, 0.5) is 4.39 Å². The van der Waals surface area contributed by atoms with Gasteiger partial charge in [-0.05, 0) is 55.9 Å². The number of halogens is 1. The summed E-state index contributed by atoms with van der Waals surface area (Å²) in [5, 5.41) is 2.91. The van der Waals surface area contributed by atoms with E-state index in [0.29, 0.717) is 38.5 Å². The average Bonchev–Trinajstić information content (AvgIpc) is 3.45. The lowest BCUT2D eigenvalue weighted by Gasteiger charge is -2.31. The molecule has 2 aliphatic rings. The molecule has 134 valence electrons. The van der Waals surface area contributed by atoms with Gasteiger partial charge in [0, 0.05) is 24.7 Å². The Morgan fingerprint density at radius 3 is 2.60 bits per heavy atom. The molecule has 0 atom stereocenters. The van der Waals surface area contributed by atoms with E-state index in [-0.39, 0.29) is 29.2 Å². The van der Waals surface area contributed by atoms with Crippen molar-refractivity contribution in [2.45, 2.75) is 31.7 Å². The molecule has 1 aromatic carbocycles. The van der Waals surface area contributed by atoms with Gasteiger partial charge in [0.05, 0.1) is 6.61 Å². The fourth-order valence-electron chi connectivity index (χ4n) is 2.89. The van der Waals surface area contributed by atoms with Gasteiger partial charge in [-0.15, -0.1) is 0 Å². The molecule has 1 N–H and O–H groups in total. The highest BCUT2D eigenvalue weighted by Gasteiger charge is 2.24. The standard InChI is InChI=1S/C19H23FN2O3/c1-2-18(23)22-9-7-15(8-10-22)21-19(24)14-5-6-17(16(20)11-14)25-12-13-3-4-13/h2,5-6,11,13,15H,1,3-4,7-10,12H2,(H,21,24). The number of rotatable bonds is 6. The number of carbonyl (C=O) groups excluding carboxylic acids is 2. The molecule has 1 saturated heterocycles. The number of hydrogen-bond acceptors (Lipinski definition) is 3. The van der Waals surface area contributed by atoms with E-state index in [0.717, 1.165) is 12.8 Å². The molecular formula is C19H23FN2O3. The molecule has 1 aromatic rings. The van der Waals surface area contributed by atoms with E-state index in [1.54, 1.807) is 11.0 Å². The molecule has 1 aliphatic carbocycles. The summed E-state index contributed by atoms with van der Waals surface area (Å²) in [5.74, 6) is -0.171. The van der Waals surface area contributed by atoms with Crippen molar-refractivity contribution in [1.29, 1.82) is 0 Å². The highest BCUT2D eigenvalue weighted by molar-refractivity contribution is 5.94. The van der Waals surface area contributed by atoms with Crippen LogP contribution in [-0.4, -0.2) is 42.5 Å². The molecule has 2 fully saturated rings. The molecule has 0 bridgehead atoms. The van der Waals surface area contributed by atoms with E-state index < -0.39 is 5.82 Å². The van der Waals surface area contributed by atoms with E-state index in [1.165, 1.54) is 18.2 Å². The third kappa shape index (κ3) is 4.59. The number of amides is 2. The maximum Gasteiger partial charge on any atom is 0.251 e. The lowest BCUT2D eigenvalue weighted by Crippen LogP contribution is -2.46. The topological polar surface area (TPSA) is 58.6 Å². The summed E-state index contributed by atoms with van der Waals surface area (Å²) in [4.78, 5) is 25.6. The van der Waals surface area contributed by atoms with Crippen molar-refractivity contribution in [3.8, 4) is 5.75 Å². The number of benzene rings is 1. The van der Waals surface area contributed by atoms with Gasteiger partial charge in [-0.2, -0.15) is 0 Å². The molecule has 3 rings (SSSR count). The Balaban J connectivity index is 1.52. The Kier molecular flexibility index (Phi) is 5.36. The van der Waals surface area contributed by atoms with Crippen LogP contribution in [0.25, 0.3) is 0 Å². The summed E-state index contributed by atoms with van der Waals surface area (Å²) < 4.78 is 19.5. The molecule has 5 nitrogen and oxygen atoms in total. The number of piperidine rings is 1. The van der Waals surface area contributed by atoms with Crippen molar-refractivity contribution >= 4 is 11.8 Å². The normalized spacial score (nSPS) is 17.9. The predicted octanol–water partition coefficient (Wildman–Crippen LogP) is 2.52. The smallest absolute Gasteiger partial charge is 0.251 e. The van der Waals surface area contributed by atoms with Crippen molar-refractivity contribution in [2.24, 2.45) is 5.92 Å². The molecule has 0 unspecified atom stereocenters. The van der Waals surface area contributed by atoms with Gasteiger partial charge in [-0.25, -0.2) is 4.39 Å². The molecule has 6 heteroatoms. The molecular weight excluding hydrogens is 323 g/mol. The predicted molar refractivity (Wildman–Crippen MR) is 91.9 cm³/mol. The van der Waals surface area contributed by atoms with Gasteiger partial charge in [-0.3, -0.25) is 9.59 Å². The maximum absolute atomic E-state index is 14.1. The van der Waals surface area contributed by atoms with E-state index >= 15 is 0 Å². The van der Waals surface area contributed by atoms with Crippen LogP contribution in [0.2, 0.25) is 0 Å². The number of likely N-dealkylation sites (tertiary alicyclic amines) is 1. The molecule has 0 spiro atoms.